The lowest BCUT2D eigenvalue weighted by molar-refractivity contribution is -0.00678. The second-order valence-corrected chi connectivity index (χ2v) is 6.97. The highest BCUT2D eigenvalue weighted by atomic mass is 16.6. The topological polar surface area (TPSA) is 41.6 Å². The molecule has 0 aromatic heterocycles. The van der Waals surface area contributed by atoms with E-state index in [0.717, 1.165) is 19.5 Å². The van der Waals surface area contributed by atoms with Crippen molar-refractivity contribution < 1.29 is 9.53 Å². The van der Waals surface area contributed by atoms with E-state index in [1.54, 1.807) is 0 Å². The molecule has 1 aliphatic rings. The fourth-order valence-corrected chi connectivity index (χ4v) is 2.74. The van der Waals surface area contributed by atoms with Crippen LogP contribution in [0, 0.1) is 0 Å². The summed E-state index contributed by atoms with van der Waals surface area (Å²) >= 11 is 0. The fraction of sp³-hybridized carbons (Fsp3) is 0.588. The lowest BCUT2D eigenvalue weighted by atomic mass is 9.89. The van der Waals surface area contributed by atoms with Crippen LogP contribution >= 0.6 is 0 Å². The van der Waals surface area contributed by atoms with E-state index in [4.69, 9.17) is 4.74 Å². The molecule has 4 nitrogen and oxygen atoms in total. The number of piperazine rings is 1. The van der Waals surface area contributed by atoms with Crippen LogP contribution in [0.5, 0.6) is 0 Å². The Morgan fingerprint density at radius 3 is 2.62 bits per heavy atom. The Morgan fingerprint density at radius 1 is 1.33 bits per heavy atom. The van der Waals surface area contributed by atoms with Gasteiger partial charge in [0.15, 0.2) is 0 Å². The Hall–Kier alpha value is -1.55. The first-order valence-electron chi connectivity index (χ1n) is 7.55. The van der Waals surface area contributed by atoms with Gasteiger partial charge in [-0.15, -0.1) is 0 Å². The Balaban J connectivity index is 2.15. The quantitative estimate of drug-likeness (QED) is 0.910. The average molecular weight is 290 g/mol. The molecule has 2 rings (SSSR count). The predicted molar refractivity (Wildman–Crippen MR) is 84.4 cm³/mol. The SMILES string of the molecule is CC(C)(C)OC(=O)N1CCNCC1(C)Cc1ccccc1. The number of ether oxygens (including phenoxy) is 1. The monoisotopic (exact) mass is 290 g/mol. The van der Waals surface area contributed by atoms with Gasteiger partial charge in [-0.1, -0.05) is 30.3 Å². The second-order valence-electron chi connectivity index (χ2n) is 6.97. The van der Waals surface area contributed by atoms with Gasteiger partial charge in [0, 0.05) is 19.6 Å². The Bertz CT molecular complexity index is 481. The molecule has 1 N–H and O–H groups in total. The van der Waals surface area contributed by atoms with E-state index >= 15 is 0 Å². The third-order valence-corrected chi connectivity index (χ3v) is 3.71. The molecule has 1 aliphatic heterocycles. The maximum Gasteiger partial charge on any atom is 0.410 e. The number of hydrogen-bond acceptors (Lipinski definition) is 3. The molecule has 0 spiro atoms. The van der Waals surface area contributed by atoms with Crippen molar-refractivity contribution in [3.05, 3.63) is 35.9 Å². The Labute approximate surface area is 127 Å². The molecule has 1 atom stereocenters. The highest BCUT2D eigenvalue weighted by molar-refractivity contribution is 5.69. The van der Waals surface area contributed by atoms with E-state index in [9.17, 15) is 4.79 Å². The number of carbonyl (C=O) groups excluding carboxylic acids is 1. The molecule has 0 radical (unpaired) electrons. The van der Waals surface area contributed by atoms with Gasteiger partial charge >= 0.3 is 6.09 Å². The van der Waals surface area contributed by atoms with Gasteiger partial charge in [-0.25, -0.2) is 4.79 Å². The van der Waals surface area contributed by atoms with Crippen molar-refractivity contribution in [2.24, 2.45) is 0 Å². The van der Waals surface area contributed by atoms with Gasteiger partial charge in [-0.3, -0.25) is 4.90 Å². The summed E-state index contributed by atoms with van der Waals surface area (Å²) in [4.78, 5) is 14.4. The lowest BCUT2D eigenvalue weighted by Crippen LogP contribution is -2.63. The van der Waals surface area contributed by atoms with Gasteiger partial charge in [0.1, 0.15) is 5.60 Å². The van der Waals surface area contributed by atoms with Crippen LogP contribution in [0.25, 0.3) is 0 Å². The lowest BCUT2D eigenvalue weighted by Gasteiger charge is -2.45. The molecule has 116 valence electrons. The van der Waals surface area contributed by atoms with Crippen LogP contribution in [-0.4, -0.2) is 41.8 Å². The van der Waals surface area contributed by atoms with Crippen LogP contribution < -0.4 is 5.32 Å². The molecular weight excluding hydrogens is 264 g/mol. The molecule has 1 aromatic rings. The van der Waals surface area contributed by atoms with Crippen molar-refractivity contribution in [1.29, 1.82) is 0 Å². The summed E-state index contributed by atoms with van der Waals surface area (Å²) in [6.45, 7) is 10.1. The number of nitrogens with one attached hydrogen (secondary N) is 1. The average Bonchev–Trinajstić information content (AvgIpc) is 2.37. The minimum absolute atomic E-state index is 0.220. The maximum atomic E-state index is 12.5. The molecule has 1 heterocycles. The minimum atomic E-state index is -0.463. The largest absolute Gasteiger partial charge is 0.444 e. The molecule has 1 fully saturated rings. The zero-order chi connectivity index (χ0) is 15.5. The molecule has 0 bridgehead atoms. The summed E-state index contributed by atoms with van der Waals surface area (Å²) in [6.07, 6.45) is 0.600. The van der Waals surface area contributed by atoms with Crippen LogP contribution in [0.2, 0.25) is 0 Å². The fourth-order valence-electron chi connectivity index (χ4n) is 2.74. The van der Waals surface area contributed by atoms with Gasteiger partial charge in [-0.2, -0.15) is 0 Å². The summed E-state index contributed by atoms with van der Waals surface area (Å²) in [5.41, 5.74) is 0.509. The van der Waals surface area contributed by atoms with E-state index in [1.807, 2.05) is 43.9 Å². The number of nitrogens with zero attached hydrogens (tertiary/aromatic N) is 1. The molecular formula is C17H26N2O2. The van der Waals surface area contributed by atoms with E-state index in [2.05, 4.69) is 24.4 Å². The Morgan fingerprint density at radius 2 is 2.00 bits per heavy atom. The number of rotatable bonds is 2. The van der Waals surface area contributed by atoms with E-state index in [-0.39, 0.29) is 11.6 Å². The molecule has 4 heteroatoms. The zero-order valence-corrected chi connectivity index (χ0v) is 13.5. The van der Waals surface area contributed by atoms with Crippen LogP contribution in [0.15, 0.2) is 30.3 Å². The summed E-state index contributed by atoms with van der Waals surface area (Å²) in [5.74, 6) is 0. The first-order valence-corrected chi connectivity index (χ1v) is 7.55. The molecule has 1 aromatic carbocycles. The van der Waals surface area contributed by atoms with Gasteiger partial charge < -0.3 is 10.1 Å². The van der Waals surface area contributed by atoms with Crippen molar-refractivity contribution in [2.75, 3.05) is 19.6 Å². The molecule has 0 aliphatic carbocycles. The molecule has 1 unspecified atom stereocenters. The first kappa shape index (κ1) is 15.8. The maximum absolute atomic E-state index is 12.5. The standard InChI is InChI=1S/C17H26N2O2/c1-16(2,3)21-15(20)19-11-10-18-13-17(19,4)12-14-8-6-5-7-9-14/h5-9,18H,10-13H2,1-4H3. The third kappa shape index (κ3) is 4.21. The highest BCUT2D eigenvalue weighted by Gasteiger charge is 2.39. The number of hydrogen-bond donors (Lipinski definition) is 1. The summed E-state index contributed by atoms with van der Waals surface area (Å²) in [6, 6.07) is 10.3. The van der Waals surface area contributed by atoms with Gasteiger partial charge in [-0.05, 0) is 39.7 Å². The molecule has 0 saturated carbocycles. The Kier molecular flexibility index (Phi) is 4.57. The smallest absolute Gasteiger partial charge is 0.410 e. The van der Waals surface area contributed by atoms with Crippen molar-refractivity contribution in [3.63, 3.8) is 0 Å². The van der Waals surface area contributed by atoms with Crippen LogP contribution in [0.4, 0.5) is 4.79 Å². The minimum Gasteiger partial charge on any atom is -0.444 e. The van der Waals surface area contributed by atoms with Crippen molar-refractivity contribution in [3.8, 4) is 0 Å². The van der Waals surface area contributed by atoms with Gasteiger partial charge in [0.05, 0.1) is 5.54 Å². The second kappa shape index (κ2) is 6.06. The van der Waals surface area contributed by atoms with Crippen LogP contribution in [0.1, 0.15) is 33.3 Å². The van der Waals surface area contributed by atoms with Gasteiger partial charge in [0.2, 0.25) is 0 Å². The number of amides is 1. The van der Waals surface area contributed by atoms with E-state index in [1.165, 1.54) is 5.56 Å². The van der Waals surface area contributed by atoms with E-state index in [0.29, 0.717) is 6.54 Å². The number of carbonyl (C=O) groups is 1. The van der Waals surface area contributed by atoms with Crippen LogP contribution in [-0.2, 0) is 11.2 Å². The van der Waals surface area contributed by atoms with Crippen LogP contribution in [0.3, 0.4) is 0 Å². The normalized spacial score (nSPS) is 23.0. The zero-order valence-electron chi connectivity index (χ0n) is 13.5. The predicted octanol–water partition coefficient (Wildman–Crippen LogP) is 2.83. The molecule has 21 heavy (non-hydrogen) atoms. The van der Waals surface area contributed by atoms with Crippen molar-refractivity contribution in [1.82, 2.24) is 10.2 Å². The molecule has 1 amide bonds. The number of benzene rings is 1. The first-order chi connectivity index (χ1) is 9.80. The van der Waals surface area contributed by atoms with Gasteiger partial charge in [0.25, 0.3) is 0 Å². The summed E-state index contributed by atoms with van der Waals surface area (Å²) in [5, 5.41) is 3.39. The van der Waals surface area contributed by atoms with Crippen molar-refractivity contribution in [2.45, 2.75) is 45.3 Å². The third-order valence-electron chi connectivity index (χ3n) is 3.71. The highest BCUT2D eigenvalue weighted by Crippen LogP contribution is 2.25. The molecule has 1 saturated heterocycles. The van der Waals surface area contributed by atoms with E-state index < -0.39 is 5.60 Å². The van der Waals surface area contributed by atoms with Crippen molar-refractivity contribution >= 4 is 6.09 Å². The summed E-state index contributed by atoms with van der Waals surface area (Å²) < 4.78 is 5.57. The summed E-state index contributed by atoms with van der Waals surface area (Å²) in [7, 11) is 0.